The van der Waals surface area contributed by atoms with Crippen molar-refractivity contribution in [3.63, 3.8) is 0 Å². The number of halogens is 1. The van der Waals surface area contributed by atoms with Gasteiger partial charge in [-0.1, -0.05) is 15.9 Å². The number of carbonyl (C=O) groups excluding carboxylic acids is 2. The second kappa shape index (κ2) is 6.01. The molecule has 0 saturated heterocycles. The molecule has 0 saturated carbocycles. The zero-order chi connectivity index (χ0) is 14.8. The summed E-state index contributed by atoms with van der Waals surface area (Å²) in [6, 6.07) is 7.39. The molecule has 2 amide bonds. The number of rotatable bonds is 3. The predicted molar refractivity (Wildman–Crippen MR) is 85.0 cm³/mol. The largest absolute Gasteiger partial charge is 0.326 e. The molecule has 2 rings (SSSR count). The standard InChI is InChI=1S/C14H15BrN2O2S/c1-10(18)17-7-8-20-14(17,2)9-13(19)16-12-5-3-11(15)4-6-12/h3-8H,9H2,1-2H3,(H,16,19). The van der Waals surface area contributed by atoms with Crippen molar-refractivity contribution in [3.8, 4) is 0 Å². The van der Waals surface area contributed by atoms with Crippen LogP contribution in [0.25, 0.3) is 0 Å². The molecule has 0 radical (unpaired) electrons. The third-order valence-electron chi connectivity index (χ3n) is 3.00. The van der Waals surface area contributed by atoms with Gasteiger partial charge in [-0.15, -0.1) is 11.8 Å². The van der Waals surface area contributed by atoms with E-state index in [9.17, 15) is 9.59 Å². The molecular weight excluding hydrogens is 340 g/mol. The van der Waals surface area contributed by atoms with Crippen LogP contribution in [-0.2, 0) is 9.59 Å². The third kappa shape index (κ3) is 3.43. The lowest BCUT2D eigenvalue weighted by molar-refractivity contribution is -0.129. The maximum absolute atomic E-state index is 12.1. The zero-order valence-corrected chi connectivity index (χ0v) is 13.6. The Morgan fingerprint density at radius 1 is 1.35 bits per heavy atom. The van der Waals surface area contributed by atoms with Crippen molar-refractivity contribution in [3.05, 3.63) is 40.3 Å². The van der Waals surface area contributed by atoms with E-state index in [2.05, 4.69) is 21.2 Å². The van der Waals surface area contributed by atoms with E-state index in [-0.39, 0.29) is 18.2 Å². The summed E-state index contributed by atoms with van der Waals surface area (Å²) in [6.45, 7) is 3.39. The van der Waals surface area contributed by atoms with E-state index in [0.29, 0.717) is 0 Å². The molecule has 0 fully saturated rings. The number of amides is 2. The summed E-state index contributed by atoms with van der Waals surface area (Å²) in [6.07, 6.45) is 1.96. The zero-order valence-electron chi connectivity index (χ0n) is 11.2. The molecule has 1 heterocycles. The van der Waals surface area contributed by atoms with Gasteiger partial charge in [0.1, 0.15) is 4.87 Å². The summed E-state index contributed by atoms with van der Waals surface area (Å²) in [4.78, 5) is 24.7. The maximum atomic E-state index is 12.1. The van der Waals surface area contributed by atoms with Crippen molar-refractivity contribution >= 4 is 45.2 Å². The first-order valence-electron chi connectivity index (χ1n) is 6.10. The van der Waals surface area contributed by atoms with Gasteiger partial charge in [0.2, 0.25) is 11.8 Å². The molecule has 1 aromatic carbocycles. The van der Waals surface area contributed by atoms with Gasteiger partial charge >= 0.3 is 0 Å². The number of nitrogens with zero attached hydrogens (tertiary/aromatic N) is 1. The van der Waals surface area contributed by atoms with Crippen LogP contribution in [0.4, 0.5) is 5.69 Å². The second-order valence-electron chi connectivity index (χ2n) is 4.70. The van der Waals surface area contributed by atoms with Crippen LogP contribution in [0.1, 0.15) is 20.3 Å². The van der Waals surface area contributed by atoms with E-state index in [1.54, 1.807) is 11.1 Å². The number of carbonyl (C=O) groups is 2. The number of benzene rings is 1. The predicted octanol–water partition coefficient (Wildman–Crippen LogP) is 3.56. The Morgan fingerprint density at radius 2 is 2.00 bits per heavy atom. The van der Waals surface area contributed by atoms with E-state index in [4.69, 9.17) is 0 Å². The Labute approximate surface area is 130 Å². The minimum atomic E-state index is -0.550. The third-order valence-corrected chi connectivity index (χ3v) is 4.63. The van der Waals surface area contributed by atoms with E-state index in [1.165, 1.54) is 18.7 Å². The number of nitrogens with one attached hydrogen (secondary N) is 1. The minimum Gasteiger partial charge on any atom is -0.326 e. The Balaban J connectivity index is 2.01. The lowest BCUT2D eigenvalue weighted by Gasteiger charge is -2.32. The molecule has 1 aliphatic heterocycles. The molecule has 0 bridgehead atoms. The van der Waals surface area contributed by atoms with Gasteiger partial charge in [-0.3, -0.25) is 9.59 Å². The molecule has 106 valence electrons. The van der Waals surface area contributed by atoms with Crippen LogP contribution in [0.3, 0.4) is 0 Å². The van der Waals surface area contributed by atoms with Gasteiger partial charge in [-0.2, -0.15) is 0 Å². The Morgan fingerprint density at radius 3 is 2.60 bits per heavy atom. The first-order valence-corrected chi connectivity index (χ1v) is 7.78. The normalized spacial score (nSPS) is 21.1. The van der Waals surface area contributed by atoms with Crippen molar-refractivity contribution in [2.75, 3.05) is 5.32 Å². The van der Waals surface area contributed by atoms with Gasteiger partial charge in [0.05, 0.1) is 6.42 Å². The summed E-state index contributed by atoms with van der Waals surface area (Å²) in [5.41, 5.74) is 0.743. The SMILES string of the molecule is CC(=O)N1C=CSC1(C)CC(=O)Nc1ccc(Br)cc1. The van der Waals surface area contributed by atoms with E-state index in [1.807, 2.05) is 36.6 Å². The first kappa shape index (κ1) is 15.1. The highest BCUT2D eigenvalue weighted by Gasteiger charge is 2.38. The smallest absolute Gasteiger partial charge is 0.227 e. The fourth-order valence-corrected chi connectivity index (χ4v) is 3.31. The van der Waals surface area contributed by atoms with Gasteiger partial charge in [-0.05, 0) is 36.6 Å². The minimum absolute atomic E-state index is 0.0646. The summed E-state index contributed by atoms with van der Waals surface area (Å²) >= 11 is 4.83. The van der Waals surface area contributed by atoms with Crippen molar-refractivity contribution < 1.29 is 9.59 Å². The van der Waals surface area contributed by atoms with Gasteiger partial charge in [0.25, 0.3) is 0 Å². The number of hydrogen-bond donors (Lipinski definition) is 1. The van der Waals surface area contributed by atoms with Gasteiger partial charge in [-0.25, -0.2) is 0 Å². The van der Waals surface area contributed by atoms with Crippen LogP contribution in [0.2, 0.25) is 0 Å². The summed E-state index contributed by atoms with van der Waals surface area (Å²) in [5, 5.41) is 4.68. The van der Waals surface area contributed by atoms with E-state index in [0.717, 1.165) is 10.2 Å². The monoisotopic (exact) mass is 354 g/mol. The fourth-order valence-electron chi connectivity index (χ4n) is 2.05. The molecule has 1 aliphatic rings. The quantitative estimate of drug-likeness (QED) is 0.902. The summed E-state index contributed by atoms with van der Waals surface area (Å²) < 4.78 is 0.959. The van der Waals surface area contributed by atoms with Crippen molar-refractivity contribution in [2.24, 2.45) is 0 Å². The molecular formula is C14H15BrN2O2S. The Kier molecular flexibility index (Phi) is 4.55. The molecule has 1 atom stereocenters. The van der Waals surface area contributed by atoms with Crippen LogP contribution in [0.5, 0.6) is 0 Å². The average molecular weight is 355 g/mol. The molecule has 4 nitrogen and oxygen atoms in total. The maximum Gasteiger partial charge on any atom is 0.227 e. The van der Waals surface area contributed by atoms with Crippen LogP contribution >= 0.6 is 27.7 Å². The molecule has 1 unspecified atom stereocenters. The Hall–Kier alpha value is -1.27. The van der Waals surface area contributed by atoms with E-state index >= 15 is 0 Å². The lowest BCUT2D eigenvalue weighted by Crippen LogP contribution is -2.42. The molecule has 1 aromatic rings. The van der Waals surface area contributed by atoms with Crippen molar-refractivity contribution in [1.29, 1.82) is 0 Å². The van der Waals surface area contributed by atoms with Crippen LogP contribution < -0.4 is 5.32 Å². The molecule has 0 aliphatic carbocycles. The average Bonchev–Trinajstić information content (AvgIpc) is 2.73. The topological polar surface area (TPSA) is 49.4 Å². The van der Waals surface area contributed by atoms with Gasteiger partial charge in [0, 0.05) is 23.3 Å². The highest BCUT2D eigenvalue weighted by Crippen LogP contribution is 2.39. The molecule has 20 heavy (non-hydrogen) atoms. The highest BCUT2D eigenvalue weighted by atomic mass is 79.9. The molecule has 0 aromatic heterocycles. The first-order chi connectivity index (χ1) is 9.40. The molecule has 0 spiro atoms. The van der Waals surface area contributed by atoms with Crippen molar-refractivity contribution in [1.82, 2.24) is 4.90 Å². The summed E-state index contributed by atoms with van der Waals surface area (Å²) in [5.74, 6) is -0.178. The molecule has 6 heteroatoms. The lowest BCUT2D eigenvalue weighted by atomic mass is 10.2. The van der Waals surface area contributed by atoms with Gasteiger partial charge in [0.15, 0.2) is 0 Å². The van der Waals surface area contributed by atoms with Gasteiger partial charge < -0.3 is 10.2 Å². The number of anilines is 1. The van der Waals surface area contributed by atoms with Crippen LogP contribution in [-0.4, -0.2) is 21.6 Å². The molecule has 1 N–H and O–H groups in total. The number of hydrogen-bond acceptors (Lipinski definition) is 3. The Bertz CT molecular complexity index is 559. The van der Waals surface area contributed by atoms with E-state index < -0.39 is 4.87 Å². The highest BCUT2D eigenvalue weighted by molar-refractivity contribution is 9.10. The van der Waals surface area contributed by atoms with Crippen LogP contribution in [0.15, 0.2) is 40.3 Å². The second-order valence-corrected chi connectivity index (χ2v) is 7.00. The summed E-state index contributed by atoms with van der Waals surface area (Å²) in [7, 11) is 0. The van der Waals surface area contributed by atoms with Crippen LogP contribution in [0, 0.1) is 0 Å². The van der Waals surface area contributed by atoms with Crippen molar-refractivity contribution in [2.45, 2.75) is 25.1 Å². The fraction of sp³-hybridized carbons (Fsp3) is 0.286. The number of thioether (sulfide) groups is 1.